The highest BCUT2D eigenvalue weighted by Gasteiger charge is 2.30. The van der Waals surface area contributed by atoms with Crippen molar-refractivity contribution < 1.29 is 22.8 Å². The first kappa shape index (κ1) is 21.9. The molecule has 1 aromatic rings. The molecule has 1 aromatic carbocycles. The van der Waals surface area contributed by atoms with Crippen LogP contribution in [0.2, 0.25) is 0 Å². The lowest BCUT2D eigenvalue weighted by Gasteiger charge is -2.34. The van der Waals surface area contributed by atoms with E-state index < -0.39 is 11.7 Å². The molecule has 0 aliphatic carbocycles. The average molecular weight is 397 g/mol. The van der Waals surface area contributed by atoms with Gasteiger partial charge in [-0.1, -0.05) is 12.1 Å². The molecule has 2 rings (SSSR count). The second-order valence-corrected chi connectivity index (χ2v) is 6.62. The maximum atomic E-state index is 12.7. The Kier molecular flexibility index (Phi) is 7.62. The van der Waals surface area contributed by atoms with E-state index in [4.69, 9.17) is 0 Å². The Morgan fingerprint density at radius 1 is 1.11 bits per heavy atom. The molecular weight excluding hydrogens is 371 g/mol. The smallest absolute Gasteiger partial charge is 0.342 e. The molecule has 0 unspecified atom stereocenters. The number of carbonyl (C=O) groups is 2. The number of hydrogen-bond donors (Lipinski definition) is 0. The second kappa shape index (κ2) is 9.73. The summed E-state index contributed by atoms with van der Waals surface area (Å²) >= 11 is 0. The Morgan fingerprint density at radius 3 is 2.32 bits per heavy atom. The zero-order chi connectivity index (χ0) is 20.7. The standard InChI is InChI=1S/C20H26F3N3O2/c1-3-25(4-2)19(28)15-24-10-12-26(13-11-24)18(27)9-8-16-6-5-7-17(14-16)20(21,22)23/h5-9,14H,3-4,10-13,15H2,1-2H3/b9-8+. The van der Waals surface area contributed by atoms with Gasteiger partial charge in [0.25, 0.3) is 0 Å². The minimum absolute atomic E-state index is 0.0780. The summed E-state index contributed by atoms with van der Waals surface area (Å²) in [6.45, 7) is 7.72. The lowest BCUT2D eigenvalue weighted by atomic mass is 10.1. The minimum Gasteiger partial charge on any atom is -0.342 e. The molecule has 1 aliphatic heterocycles. The van der Waals surface area contributed by atoms with E-state index in [2.05, 4.69) is 0 Å². The number of alkyl halides is 3. The number of hydrogen-bond acceptors (Lipinski definition) is 3. The van der Waals surface area contributed by atoms with Crippen LogP contribution in [-0.2, 0) is 15.8 Å². The number of halogens is 3. The van der Waals surface area contributed by atoms with Crippen LogP contribution in [0.15, 0.2) is 30.3 Å². The first-order valence-corrected chi connectivity index (χ1v) is 9.39. The Morgan fingerprint density at radius 2 is 1.75 bits per heavy atom. The molecule has 1 heterocycles. The van der Waals surface area contributed by atoms with Crippen LogP contribution in [0.3, 0.4) is 0 Å². The fourth-order valence-corrected chi connectivity index (χ4v) is 3.09. The number of rotatable bonds is 6. The average Bonchev–Trinajstić information content (AvgIpc) is 2.67. The van der Waals surface area contributed by atoms with Crippen molar-refractivity contribution >= 4 is 17.9 Å². The Hall–Kier alpha value is -2.35. The molecule has 1 saturated heterocycles. The Bertz CT molecular complexity index is 707. The summed E-state index contributed by atoms with van der Waals surface area (Å²) in [6, 6.07) is 4.85. The molecule has 0 atom stereocenters. The number of piperazine rings is 1. The van der Waals surface area contributed by atoms with Crippen LogP contribution >= 0.6 is 0 Å². The normalized spacial score (nSPS) is 15.8. The summed E-state index contributed by atoms with van der Waals surface area (Å²) in [6.07, 6.45) is -1.72. The van der Waals surface area contributed by atoms with Crippen LogP contribution in [0, 0.1) is 0 Å². The van der Waals surface area contributed by atoms with Gasteiger partial charge < -0.3 is 9.80 Å². The topological polar surface area (TPSA) is 43.9 Å². The van der Waals surface area contributed by atoms with E-state index >= 15 is 0 Å². The molecule has 0 aromatic heterocycles. The summed E-state index contributed by atoms with van der Waals surface area (Å²) in [5, 5.41) is 0. The zero-order valence-electron chi connectivity index (χ0n) is 16.2. The van der Waals surface area contributed by atoms with Gasteiger partial charge in [-0.25, -0.2) is 0 Å². The number of carbonyl (C=O) groups excluding carboxylic acids is 2. The van der Waals surface area contributed by atoms with E-state index in [1.807, 2.05) is 18.7 Å². The molecule has 0 N–H and O–H groups in total. The maximum absolute atomic E-state index is 12.7. The fraction of sp³-hybridized carbons (Fsp3) is 0.500. The van der Waals surface area contributed by atoms with Crippen molar-refractivity contribution in [3.8, 4) is 0 Å². The molecule has 0 radical (unpaired) electrons. The van der Waals surface area contributed by atoms with E-state index in [-0.39, 0.29) is 11.8 Å². The van der Waals surface area contributed by atoms with Gasteiger partial charge in [0, 0.05) is 45.3 Å². The first-order chi connectivity index (χ1) is 13.2. The van der Waals surface area contributed by atoms with Gasteiger partial charge in [0.05, 0.1) is 12.1 Å². The van der Waals surface area contributed by atoms with E-state index in [0.717, 1.165) is 12.1 Å². The summed E-state index contributed by atoms with van der Waals surface area (Å²) < 4.78 is 38.2. The molecule has 0 bridgehead atoms. The Balaban J connectivity index is 1.87. The summed E-state index contributed by atoms with van der Waals surface area (Å²) in [4.78, 5) is 29.9. The molecule has 5 nitrogen and oxygen atoms in total. The van der Waals surface area contributed by atoms with Gasteiger partial charge >= 0.3 is 6.18 Å². The molecule has 0 spiro atoms. The van der Waals surface area contributed by atoms with Gasteiger partial charge in [-0.3, -0.25) is 14.5 Å². The predicted molar refractivity (Wildman–Crippen MR) is 101 cm³/mol. The van der Waals surface area contributed by atoms with E-state index in [1.54, 1.807) is 9.80 Å². The zero-order valence-corrected chi connectivity index (χ0v) is 16.2. The van der Waals surface area contributed by atoms with Crippen molar-refractivity contribution in [1.29, 1.82) is 0 Å². The third-order valence-corrected chi connectivity index (χ3v) is 4.79. The molecular formula is C20H26F3N3O2. The van der Waals surface area contributed by atoms with Gasteiger partial charge in [-0.15, -0.1) is 0 Å². The quantitative estimate of drug-likeness (QED) is 0.694. The SMILES string of the molecule is CCN(CC)C(=O)CN1CCN(C(=O)/C=C/c2cccc(C(F)(F)F)c2)CC1. The van der Waals surface area contributed by atoms with Crippen LogP contribution in [0.4, 0.5) is 13.2 Å². The number of nitrogens with zero attached hydrogens (tertiary/aromatic N) is 3. The van der Waals surface area contributed by atoms with Crippen LogP contribution < -0.4 is 0 Å². The molecule has 8 heteroatoms. The van der Waals surface area contributed by atoms with Crippen LogP contribution in [0.1, 0.15) is 25.0 Å². The molecule has 28 heavy (non-hydrogen) atoms. The van der Waals surface area contributed by atoms with Crippen LogP contribution in [-0.4, -0.2) is 72.3 Å². The summed E-state index contributed by atoms with van der Waals surface area (Å²) in [7, 11) is 0. The second-order valence-electron chi connectivity index (χ2n) is 6.62. The maximum Gasteiger partial charge on any atom is 0.416 e. The lowest BCUT2D eigenvalue weighted by Crippen LogP contribution is -2.51. The third-order valence-electron chi connectivity index (χ3n) is 4.79. The van der Waals surface area contributed by atoms with Crippen molar-refractivity contribution in [2.75, 3.05) is 45.8 Å². The molecule has 1 aliphatic rings. The fourth-order valence-electron chi connectivity index (χ4n) is 3.09. The van der Waals surface area contributed by atoms with Crippen LogP contribution in [0.25, 0.3) is 6.08 Å². The number of amides is 2. The van der Waals surface area contributed by atoms with Gasteiger partial charge in [0.1, 0.15) is 0 Å². The summed E-state index contributed by atoms with van der Waals surface area (Å²) in [5.74, 6) is -0.165. The highest BCUT2D eigenvalue weighted by atomic mass is 19.4. The van der Waals surface area contributed by atoms with Gasteiger partial charge in [-0.05, 0) is 37.6 Å². The monoisotopic (exact) mass is 397 g/mol. The molecule has 154 valence electrons. The third kappa shape index (κ3) is 6.09. The number of benzene rings is 1. The minimum atomic E-state index is -4.41. The van der Waals surface area contributed by atoms with E-state index in [9.17, 15) is 22.8 Å². The van der Waals surface area contributed by atoms with Crippen molar-refractivity contribution in [3.05, 3.63) is 41.5 Å². The van der Waals surface area contributed by atoms with E-state index in [1.165, 1.54) is 24.3 Å². The van der Waals surface area contributed by atoms with Crippen molar-refractivity contribution in [2.24, 2.45) is 0 Å². The Labute approximate surface area is 163 Å². The number of likely N-dealkylation sites (N-methyl/N-ethyl adjacent to an activating group) is 1. The van der Waals surface area contributed by atoms with E-state index in [0.29, 0.717) is 51.4 Å². The predicted octanol–water partition coefficient (Wildman–Crippen LogP) is 2.73. The van der Waals surface area contributed by atoms with Gasteiger partial charge in [-0.2, -0.15) is 13.2 Å². The van der Waals surface area contributed by atoms with Crippen molar-refractivity contribution in [2.45, 2.75) is 20.0 Å². The lowest BCUT2D eigenvalue weighted by molar-refractivity contribution is -0.137. The van der Waals surface area contributed by atoms with Crippen molar-refractivity contribution in [3.63, 3.8) is 0 Å². The van der Waals surface area contributed by atoms with Crippen LogP contribution in [0.5, 0.6) is 0 Å². The van der Waals surface area contributed by atoms with Gasteiger partial charge in [0.2, 0.25) is 11.8 Å². The molecule has 1 fully saturated rings. The summed E-state index contributed by atoms with van der Waals surface area (Å²) in [5.41, 5.74) is -0.416. The highest BCUT2D eigenvalue weighted by Crippen LogP contribution is 2.29. The van der Waals surface area contributed by atoms with Gasteiger partial charge in [0.15, 0.2) is 0 Å². The first-order valence-electron chi connectivity index (χ1n) is 9.39. The molecule has 0 saturated carbocycles. The largest absolute Gasteiger partial charge is 0.416 e. The van der Waals surface area contributed by atoms with Crippen molar-refractivity contribution in [1.82, 2.24) is 14.7 Å². The molecule has 2 amide bonds. The highest BCUT2D eigenvalue weighted by molar-refractivity contribution is 5.91.